The molecule has 0 aliphatic heterocycles. The molecular weight excluding hydrogens is 427 g/mol. The Kier molecular flexibility index (Phi) is 6.63. The van der Waals surface area contributed by atoms with Crippen molar-refractivity contribution in [3.63, 3.8) is 0 Å². The van der Waals surface area contributed by atoms with Crippen LogP contribution in [0, 0.1) is 0 Å². The number of benzene rings is 2. The van der Waals surface area contributed by atoms with Crippen LogP contribution in [-0.4, -0.2) is 22.7 Å². The van der Waals surface area contributed by atoms with Crippen LogP contribution in [0.3, 0.4) is 0 Å². The molecule has 1 heterocycles. The van der Waals surface area contributed by atoms with Crippen LogP contribution in [0.15, 0.2) is 59.1 Å². The highest BCUT2D eigenvalue weighted by Gasteiger charge is 2.30. The van der Waals surface area contributed by atoms with Crippen LogP contribution in [0.4, 0.5) is 22.0 Å². The second-order valence-corrected chi connectivity index (χ2v) is 5.98. The zero-order valence-corrected chi connectivity index (χ0v) is 15.5. The van der Waals surface area contributed by atoms with E-state index in [0.29, 0.717) is 5.56 Å². The predicted molar refractivity (Wildman–Crippen MR) is 96.6 cm³/mol. The van der Waals surface area contributed by atoms with E-state index < -0.39 is 30.9 Å². The molecule has 162 valence electrons. The highest BCUT2D eigenvalue weighted by Crippen LogP contribution is 2.31. The van der Waals surface area contributed by atoms with E-state index in [0.717, 1.165) is 18.2 Å². The first-order valence-corrected chi connectivity index (χ1v) is 8.60. The molecule has 0 bridgehead atoms. The quantitative estimate of drug-likeness (QED) is 0.289. The second kappa shape index (κ2) is 9.37. The van der Waals surface area contributed by atoms with Gasteiger partial charge in [0, 0.05) is 11.6 Å². The van der Waals surface area contributed by atoms with Crippen molar-refractivity contribution in [2.24, 2.45) is 0 Å². The number of hydrogen-bond donors (Lipinski definition) is 0. The number of nitrogens with zero attached hydrogens (tertiary/aromatic N) is 2. The summed E-state index contributed by atoms with van der Waals surface area (Å²) >= 11 is 0. The number of aromatic nitrogens is 2. The Bertz CT molecular complexity index is 1060. The number of rotatable bonds is 7. The molecule has 0 saturated carbocycles. The van der Waals surface area contributed by atoms with E-state index in [1.165, 1.54) is 42.5 Å². The lowest BCUT2D eigenvalue weighted by Gasteiger charge is -2.06. The first-order chi connectivity index (χ1) is 14.7. The van der Waals surface area contributed by atoms with Gasteiger partial charge in [0.2, 0.25) is 5.82 Å². The van der Waals surface area contributed by atoms with Gasteiger partial charge in [-0.15, -0.1) is 0 Å². The fraction of sp³-hybridized carbons (Fsp3) is 0.150. The summed E-state index contributed by atoms with van der Waals surface area (Å²) in [4.78, 5) is 15.7. The Morgan fingerprint density at radius 2 is 1.87 bits per heavy atom. The molecular formula is C20H13F5N2O4. The van der Waals surface area contributed by atoms with E-state index in [1.807, 2.05) is 0 Å². The molecule has 1 aromatic heterocycles. The average Bonchev–Trinajstić information content (AvgIpc) is 3.20. The first-order valence-electron chi connectivity index (χ1n) is 8.60. The standard InChI is InChI=1S/C20H13F5N2O4/c21-19(22)30-15-7-4-12(5-8-15)6-9-17(28)29-11-16-26-18(27-31-16)13-2-1-3-14(10-13)20(23,24)25/h1-10,19H,11H2/b9-6+. The van der Waals surface area contributed by atoms with Gasteiger partial charge in [-0.05, 0) is 35.9 Å². The number of carbonyl (C=O) groups excluding carboxylic acids is 1. The van der Waals surface area contributed by atoms with E-state index >= 15 is 0 Å². The summed E-state index contributed by atoms with van der Waals surface area (Å²) in [5, 5.41) is 3.58. The van der Waals surface area contributed by atoms with Crippen molar-refractivity contribution in [3.8, 4) is 17.1 Å². The zero-order valence-electron chi connectivity index (χ0n) is 15.5. The number of carbonyl (C=O) groups is 1. The first kappa shape index (κ1) is 21.9. The van der Waals surface area contributed by atoms with Crippen molar-refractivity contribution in [2.75, 3.05) is 0 Å². The molecule has 6 nitrogen and oxygen atoms in total. The normalized spacial score (nSPS) is 11.8. The Morgan fingerprint density at radius 1 is 1.13 bits per heavy atom. The molecule has 31 heavy (non-hydrogen) atoms. The fourth-order valence-corrected chi connectivity index (χ4v) is 2.37. The molecule has 0 atom stereocenters. The minimum atomic E-state index is -4.51. The topological polar surface area (TPSA) is 74.5 Å². The van der Waals surface area contributed by atoms with Crippen LogP contribution >= 0.6 is 0 Å². The van der Waals surface area contributed by atoms with E-state index in [1.54, 1.807) is 0 Å². The van der Waals surface area contributed by atoms with Crippen molar-refractivity contribution in [1.82, 2.24) is 10.1 Å². The van der Waals surface area contributed by atoms with Gasteiger partial charge in [-0.2, -0.15) is 26.9 Å². The summed E-state index contributed by atoms with van der Waals surface area (Å²) in [6.07, 6.45) is -2.04. The van der Waals surface area contributed by atoms with Crippen LogP contribution in [0.1, 0.15) is 17.0 Å². The second-order valence-electron chi connectivity index (χ2n) is 5.98. The van der Waals surface area contributed by atoms with E-state index in [4.69, 9.17) is 9.26 Å². The molecule has 0 aliphatic carbocycles. The van der Waals surface area contributed by atoms with Gasteiger partial charge in [-0.1, -0.05) is 29.4 Å². The van der Waals surface area contributed by atoms with Gasteiger partial charge in [0.25, 0.3) is 5.89 Å². The highest BCUT2D eigenvalue weighted by atomic mass is 19.4. The molecule has 0 amide bonds. The van der Waals surface area contributed by atoms with Gasteiger partial charge in [-0.3, -0.25) is 0 Å². The molecule has 3 rings (SSSR count). The number of esters is 1. The SMILES string of the molecule is O=C(/C=C/c1ccc(OC(F)F)cc1)OCc1nc(-c2cccc(C(F)(F)F)c2)no1. The highest BCUT2D eigenvalue weighted by molar-refractivity contribution is 5.87. The molecule has 0 fully saturated rings. The van der Waals surface area contributed by atoms with Crippen molar-refractivity contribution in [3.05, 3.63) is 71.6 Å². The Morgan fingerprint density at radius 3 is 2.55 bits per heavy atom. The molecule has 0 saturated heterocycles. The number of halogens is 5. The molecule has 0 aliphatic rings. The Hall–Kier alpha value is -3.76. The van der Waals surface area contributed by atoms with Crippen LogP contribution < -0.4 is 4.74 Å². The summed E-state index contributed by atoms with van der Waals surface area (Å²) in [6, 6.07) is 9.93. The summed E-state index contributed by atoms with van der Waals surface area (Å²) in [6.45, 7) is -3.33. The van der Waals surface area contributed by atoms with Gasteiger partial charge >= 0.3 is 18.8 Å². The van der Waals surface area contributed by atoms with Gasteiger partial charge in [-0.25, -0.2) is 4.79 Å². The maximum absolute atomic E-state index is 12.8. The smallest absolute Gasteiger partial charge is 0.416 e. The van der Waals surface area contributed by atoms with Gasteiger partial charge in [0.05, 0.1) is 5.56 Å². The zero-order chi connectivity index (χ0) is 22.4. The van der Waals surface area contributed by atoms with Gasteiger partial charge in [0.1, 0.15) is 5.75 Å². The number of alkyl halides is 5. The molecule has 3 aromatic rings. The molecule has 11 heteroatoms. The lowest BCUT2D eigenvalue weighted by Crippen LogP contribution is -2.04. The van der Waals surface area contributed by atoms with E-state index in [2.05, 4.69) is 14.9 Å². The van der Waals surface area contributed by atoms with Crippen LogP contribution in [-0.2, 0) is 22.3 Å². The lowest BCUT2D eigenvalue weighted by atomic mass is 10.1. The summed E-state index contributed by atoms with van der Waals surface area (Å²) in [5.74, 6) is -0.976. The summed E-state index contributed by atoms with van der Waals surface area (Å²) in [7, 11) is 0. The van der Waals surface area contributed by atoms with Crippen LogP contribution in [0.25, 0.3) is 17.5 Å². The average molecular weight is 440 g/mol. The number of ether oxygens (including phenoxy) is 2. The number of hydrogen-bond acceptors (Lipinski definition) is 6. The van der Waals surface area contributed by atoms with Crippen LogP contribution in [0.2, 0.25) is 0 Å². The lowest BCUT2D eigenvalue weighted by molar-refractivity contribution is -0.140. The van der Waals surface area contributed by atoms with Gasteiger partial charge < -0.3 is 14.0 Å². The van der Waals surface area contributed by atoms with E-state index in [-0.39, 0.29) is 23.0 Å². The third kappa shape index (κ3) is 6.36. The minimum Gasteiger partial charge on any atom is -0.452 e. The Labute approximate surface area is 171 Å². The van der Waals surface area contributed by atoms with Crippen molar-refractivity contribution >= 4 is 12.0 Å². The maximum Gasteiger partial charge on any atom is 0.416 e. The summed E-state index contributed by atoms with van der Waals surface area (Å²) in [5.41, 5.74) is -0.236. The molecule has 0 unspecified atom stereocenters. The van der Waals surface area contributed by atoms with E-state index in [9.17, 15) is 26.7 Å². The third-order valence-corrected chi connectivity index (χ3v) is 3.77. The predicted octanol–water partition coefficient (Wildman–Crippen LogP) is 5.11. The molecule has 0 spiro atoms. The third-order valence-electron chi connectivity index (χ3n) is 3.77. The van der Waals surface area contributed by atoms with Crippen molar-refractivity contribution in [2.45, 2.75) is 19.4 Å². The molecule has 2 aromatic carbocycles. The van der Waals surface area contributed by atoms with Crippen LogP contribution in [0.5, 0.6) is 5.75 Å². The fourth-order valence-electron chi connectivity index (χ4n) is 2.37. The van der Waals surface area contributed by atoms with Crippen molar-refractivity contribution in [1.29, 1.82) is 0 Å². The largest absolute Gasteiger partial charge is 0.452 e. The minimum absolute atomic E-state index is 0.0253. The molecule has 0 radical (unpaired) electrons. The van der Waals surface area contributed by atoms with Crippen molar-refractivity contribution < 1.29 is 40.7 Å². The maximum atomic E-state index is 12.8. The Balaban J connectivity index is 1.56. The summed E-state index contributed by atoms with van der Waals surface area (Å²) < 4.78 is 76.6. The molecule has 0 N–H and O–H groups in total. The van der Waals surface area contributed by atoms with Gasteiger partial charge in [0.15, 0.2) is 6.61 Å². The monoisotopic (exact) mass is 440 g/mol.